The van der Waals surface area contributed by atoms with Gasteiger partial charge in [0.05, 0.1) is 7.11 Å². The zero-order valence-electron chi connectivity index (χ0n) is 9.54. The Hall–Kier alpha value is -1.25. The van der Waals surface area contributed by atoms with Gasteiger partial charge in [-0.05, 0) is 17.9 Å². The molecule has 0 atom stereocenters. The summed E-state index contributed by atoms with van der Waals surface area (Å²) in [5.74, 6) is 0.948. The molecule has 1 rings (SSSR count). The molecule has 0 aliphatic carbocycles. The largest absolute Gasteiger partial charge is 0.497 e. The fraction of sp³-hybridized carbons (Fsp3) is 0.417. The maximum atomic E-state index is 11.8. The minimum absolute atomic E-state index is 0.185. The van der Waals surface area contributed by atoms with Gasteiger partial charge in [0.25, 0.3) is 0 Å². The molecular formula is C12H16BO2. The van der Waals surface area contributed by atoms with Gasteiger partial charge in [-0.1, -0.05) is 25.9 Å². The Kier molecular flexibility index (Phi) is 4.41. The van der Waals surface area contributed by atoms with Crippen molar-refractivity contribution in [3.63, 3.8) is 0 Å². The minimum Gasteiger partial charge on any atom is -0.497 e. The number of ether oxygens (including phenoxy) is 1. The standard InChI is InChI=1S/C12H16BO2/c1-4-6-10(14)9-7-5-8-11(15-3)12(9)13-2/h5,7-8H,4,6H2,1-3H3. The van der Waals surface area contributed by atoms with Crippen LogP contribution in [0.2, 0.25) is 6.82 Å². The van der Waals surface area contributed by atoms with Crippen LogP contribution in [-0.4, -0.2) is 20.2 Å². The van der Waals surface area contributed by atoms with Crippen LogP contribution in [0.4, 0.5) is 0 Å². The van der Waals surface area contributed by atoms with Gasteiger partial charge in [-0.2, -0.15) is 0 Å². The predicted molar refractivity (Wildman–Crippen MR) is 63.5 cm³/mol. The van der Waals surface area contributed by atoms with Gasteiger partial charge in [-0.3, -0.25) is 4.79 Å². The van der Waals surface area contributed by atoms with Crippen LogP contribution < -0.4 is 10.2 Å². The second kappa shape index (κ2) is 5.59. The first kappa shape index (κ1) is 11.8. The van der Waals surface area contributed by atoms with E-state index < -0.39 is 0 Å². The minimum atomic E-state index is 0.185. The Labute approximate surface area is 91.9 Å². The number of ketones is 1. The number of carbonyl (C=O) groups is 1. The van der Waals surface area contributed by atoms with Crippen molar-refractivity contribution in [3.8, 4) is 5.75 Å². The third-order valence-electron chi connectivity index (χ3n) is 2.35. The van der Waals surface area contributed by atoms with Crippen LogP contribution in [0.15, 0.2) is 18.2 Å². The molecule has 79 valence electrons. The van der Waals surface area contributed by atoms with E-state index in [1.54, 1.807) is 7.11 Å². The third-order valence-corrected chi connectivity index (χ3v) is 2.35. The molecule has 0 amide bonds. The molecule has 0 aliphatic heterocycles. The average molecular weight is 203 g/mol. The predicted octanol–water partition coefficient (Wildman–Crippen LogP) is 2.06. The topological polar surface area (TPSA) is 26.3 Å². The molecular weight excluding hydrogens is 187 g/mol. The second-order valence-corrected chi connectivity index (χ2v) is 3.38. The Morgan fingerprint density at radius 2 is 2.20 bits per heavy atom. The van der Waals surface area contributed by atoms with E-state index in [0.717, 1.165) is 23.2 Å². The van der Waals surface area contributed by atoms with Gasteiger partial charge in [0.1, 0.15) is 5.75 Å². The summed E-state index contributed by atoms with van der Waals surface area (Å²) < 4.78 is 5.22. The lowest BCUT2D eigenvalue weighted by molar-refractivity contribution is 0.0982. The summed E-state index contributed by atoms with van der Waals surface area (Å²) >= 11 is 0. The third kappa shape index (κ3) is 2.61. The molecule has 2 nitrogen and oxygen atoms in total. The van der Waals surface area contributed by atoms with E-state index in [1.807, 2.05) is 39.2 Å². The Balaban J connectivity index is 3.11. The van der Waals surface area contributed by atoms with Crippen molar-refractivity contribution in [2.75, 3.05) is 7.11 Å². The van der Waals surface area contributed by atoms with Crippen molar-refractivity contribution >= 4 is 18.5 Å². The first-order valence-corrected chi connectivity index (χ1v) is 5.24. The quantitative estimate of drug-likeness (QED) is 0.540. The maximum absolute atomic E-state index is 11.8. The van der Waals surface area contributed by atoms with Crippen LogP contribution in [0.25, 0.3) is 0 Å². The molecule has 0 N–H and O–H groups in total. The molecule has 0 aromatic heterocycles. The first-order chi connectivity index (χ1) is 7.24. The number of carbonyl (C=O) groups excluding carboxylic acids is 1. The lowest BCUT2D eigenvalue weighted by Gasteiger charge is -2.11. The normalized spacial score (nSPS) is 9.80. The van der Waals surface area contributed by atoms with Gasteiger partial charge in [0.2, 0.25) is 0 Å². The summed E-state index contributed by atoms with van der Waals surface area (Å²) in [5, 5.41) is 0. The molecule has 15 heavy (non-hydrogen) atoms. The average Bonchev–Trinajstić information content (AvgIpc) is 2.28. The van der Waals surface area contributed by atoms with E-state index in [2.05, 4.69) is 0 Å². The van der Waals surface area contributed by atoms with Gasteiger partial charge in [0, 0.05) is 12.0 Å². The van der Waals surface area contributed by atoms with Gasteiger partial charge >= 0.3 is 0 Å². The number of methoxy groups -OCH3 is 1. The van der Waals surface area contributed by atoms with Crippen LogP contribution in [0.5, 0.6) is 5.75 Å². The van der Waals surface area contributed by atoms with Crippen molar-refractivity contribution in [3.05, 3.63) is 23.8 Å². The van der Waals surface area contributed by atoms with E-state index in [-0.39, 0.29) is 5.78 Å². The highest BCUT2D eigenvalue weighted by atomic mass is 16.5. The van der Waals surface area contributed by atoms with Crippen LogP contribution in [0.1, 0.15) is 30.1 Å². The molecule has 1 radical (unpaired) electrons. The summed E-state index contributed by atoms with van der Waals surface area (Å²) in [6.07, 6.45) is 1.47. The lowest BCUT2D eigenvalue weighted by Crippen LogP contribution is -2.22. The van der Waals surface area contributed by atoms with Crippen molar-refractivity contribution in [2.24, 2.45) is 0 Å². The van der Waals surface area contributed by atoms with E-state index in [9.17, 15) is 4.79 Å². The van der Waals surface area contributed by atoms with Crippen LogP contribution in [-0.2, 0) is 0 Å². The Bertz CT molecular complexity index is 347. The first-order valence-electron chi connectivity index (χ1n) is 5.24. The number of hydrogen-bond donors (Lipinski definition) is 0. The summed E-state index contributed by atoms with van der Waals surface area (Å²) in [5.41, 5.74) is 1.66. The molecule has 1 aromatic rings. The van der Waals surface area contributed by atoms with Crippen molar-refractivity contribution < 1.29 is 9.53 Å². The van der Waals surface area contributed by atoms with E-state index in [4.69, 9.17) is 4.74 Å². The number of hydrogen-bond acceptors (Lipinski definition) is 2. The van der Waals surface area contributed by atoms with E-state index in [0.29, 0.717) is 6.42 Å². The monoisotopic (exact) mass is 203 g/mol. The van der Waals surface area contributed by atoms with Crippen molar-refractivity contribution in [1.29, 1.82) is 0 Å². The summed E-state index contributed by atoms with van der Waals surface area (Å²) in [6.45, 7) is 3.92. The molecule has 0 aliphatic rings. The van der Waals surface area contributed by atoms with Gasteiger partial charge in [-0.15, -0.1) is 0 Å². The highest BCUT2D eigenvalue weighted by molar-refractivity contribution is 6.55. The molecule has 0 heterocycles. The lowest BCUT2D eigenvalue weighted by atomic mass is 9.69. The van der Waals surface area contributed by atoms with Crippen LogP contribution in [0, 0.1) is 0 Å². The van der Waals surface area contributed by atoms with E-state index >= 15 is 0 Å². The highest BCUT2D eigenvalue weighted by Crippen LogP contribution is 2.12. The fourth-order valence-corrected chi connectivity index (χ4v) is 1.62. The molecule has 0 spiro atoms. The zero-order valence-corrected chi connectivity index (χ0v) is 9.54. The fourth-order valence-electron chi connectivity index (χ4n) is 1.62. The highest BCUT2D eigenvalue weighted by Gasteiger charge is 2.12. The number of rotatable bonds is 5. The molecule has 0 bridgehead atoms. The van der Waals surface area contributed by atoms with Gasteiger partial charge < -0.3 is 4.74 Å². The molecule has 0 saturated heterocycles. The second-order valence-electron chi connectivity index (χ2n) is 3.38. The van der Waals surface area contributed by atoms with E-state index in [1.165, 1.54) is 0 Å². The zero-order chi connectivity index (χ0) is 11.3. The Morgan fingerprint density at radius 3 is 2.73 bits per heavy atom. The summed E-state index contributed by atoms with van der Waals surface area (Å²) in [6, 6.07) is 5.59. The summed E-state index contributed by atoms with van der Waals surface area (Å²) in [4.78, 5) is 11.8. The van der Waals surface area contributed by atoms with Gasteiger partial charge in [0.15, 0.2) is 13.1 Å². The number of benzene rings is 1. The van der Waals surface area contributed by atoms with Crippen LogP contribution >= 0.6 is 0 Å². The smallest absolute Gasteiger partial charge is 0.162 e. The van der Waals surface area contributed by atoms with Crippen molar-refractivity contribution in [2.45, 2.75) is 26.6 Å². The maximum Gasteiger partial charge on any atom is 0.162 e. The molecule has 1 aromatic carbocycles. The molecule has 0 unspecified atom stereocenters. The summed E-state index contributed by atoms with van der Waals surface area (Å²) in [7, 11) is 3.54. The van der Waals surface area contributed by atoms with Crippen molar-refractivity contribution in [1.82, 2.24) is 0 Å². The Morgan fingerprint density at radius 1 is 1.47 bits per heavy atom. The SMILES string of the molecule is C[B]c1c(OC)cccc1C(=O)CCC. The molecule has 3 heteroatoms. The van der Waals surface area contributed by atoms with Gasteiger partial charge in [-0.25, -0.2) is 0 Å². The molecule has 0 saturated carbocycles. The molecule has 0 fully saturated rings. The van der Waals surface area contributed by atoms with Crippen LogP contribution in [0.3, 0.4) is 0 Å². The number of Topliss-reactive ketones (excluding diaryl/α,β-unsaturated/α-hetero) is 1.